The van der Waals surface area contributed by atoms with Gasteiger partial charge in [0.2, 0.25) is 11.8 Å². The van der Waals surface area contributed by atoms with Crippen molar-refractivity contribution in [3.8, 4) is 0 Å². The molecule has 0 radical (unpaired) electrons. The van der Waals surface area contributed by atoms with Crippen LogP contribution in [-0.2, 0) is 16.1 Å². The minimum absolute atomic E-state index is 0.108. The number of rotatable bonds is 6. The molecule has 3 rings (SSSR count). The average molecular weight is 357 g/mol. The summed E-state index contributed by atoms with van der Waals surface area (Å²) >= 11 is 0. The third-order valence-corrected chi connectivity index (χ3v) is 5.90. The van der Waals surface area contributed by atoms with E-state index in [0.29, 0.717) is 12.5 Å². The van der Waals surface area contributed by atoms with Crippen molar-refractivity contribution in [1.29, 1.82) is 0 Å². The van der Waals surface area contributed by atoms with Crippen molar-refractivity contribution in [2.45, 2.75) is 58.2 Å². The molecule has 2 fully saturated rings. The highest BCUT2D eigenvalue weighted by atomic mass is 16.2. The van der Waals surface area contributed by atoms with Crippen molar-refractivity contribution in [2.75, 3.05) is 26.2 Å². The van der Waals surface area contributed by atoms with Gasteiger partial charge in [0.15, 0.2) is 0 Å². The average Bonchev–Trinajstić information content (AvgIpc) is 2.99. The molecule has 2 amide bonds. The molecule has 2 aliphatic heterocycles. The van der Waals surface area contributed by atoms with E-state index in [1.165, 1.54) is 5.56 Å². The smallest absolute Gasteiger partial charge is 0.242 e. The lowest BCUT2D eigenvalue weighted by molar-refractivity contribution is -0.140. The van der Waals surface area contributed by atoms with Gasteiger partial charge < -0.3 is 9.80 Å². The fourth-order valence-electron chi connectivity index (χ4n) is 4.16. The number of benzene rings is 1. The van der Waals surface area contributed by atoms with Gasteiger partial charge in [-0.05, 0) is 38.3 Å². The van der Waals surface area contributed by atoms with Gasteiger partial charge in [-0.15, -0.1) is 0 Å². The maximum absolute atomic E-state index is 12.6. The van der Waals surface area contributed by atoms with Crippen molar-refractivity contribution in [3.63, 3.8) is 0 Å². The van der Waals surface area contributed by atoms with Crippen LogP contribution in [0, 0.1) is 0 Å². The van der Waals surface area contributed by atoms with Gasteiger partial charge in [0, 0.05) is 38.1 Å². The highest BCUT2D eigenvalue weighted by Gasteiger charge is 2.32. The Morgan fingerprint density at radius 2 is 1.85 bits per heavy atom. The van der Waals surface area contributed by atoms with Crippen LogP contribution in [0.4, 0.5) is 0 Å². The number of likely N-dealkylation sites (tertiary alicyclic amines) is 2. The zero-order valence-electron chi connectivity index (χ0n) is 16.1. The highest BCUT2D eigenvalue weighted by Crippen LogP contribution is 2.21. The Hall–Kier alpha value is -1.88. The number of piperidine rings is 1. The first-order valence-corrected chi connectivity index (χ1v) is 9.93. The van der Waals surface area contributed by atoms with Gasteiger partial charge in [0.25, 0.3) is 0 Å². The lowest BCUT2D eigenvalue weighted by Crippen LogP contribution is -2.49. The van der Waals surface area contributed by atoms with E-state index in [4.69, 9.17) is 0 Å². The largest absolute Gasteiger partial charge is 0.341 e. The maximum atomic E-state index is 12.6. The molecule has 5 nitrogen and oxygen atoms in total. The zero-order chi connectivity index (χ0) is 18.5. The lowest BCUT2D eigenvalue weighted by Gasteiger charge is -2.38. The molecule has 2 aliphatic rings. The monoisotopic (exact) mass is 357 g/mol. The summed E-state index contributed by atoms with van der Waals surface area (Å²) < 4.78 is 0. The summed E-state index contributed by atoms with van der Waals surface area (Å²) in [6.45, 7) is 8.08. The van der Waals surface area contributed by atoms with Gasteiger partial charge in [0.05, 0.1) is 6.54 Å². The Balaban J connectivity index is 1.50. The summed E-state index contributed by atoms with van der Waals surface area (Å²) in [6.07, 6.45) is 3.48. The van der Waals surface area contributed by atoms with Gasteiger partial charge in [-0.1, -0.05) is 37.3 Å². The molecular weight excluding hydrogens is 326 g/mol. The van der Waals surface area contributed by atoms with E-state index in [0.717, 1.165) is 45.4 Å². The molecule has 2 saturated heterocycles. The predicted molar refractivity (Wildman–Crippen MR) is 103 cm³/mol. The minimum Gasteiger partial charge on any atom is -0.341 e. The summed E-state index contributed by atoms with van der Waals surface area (Å²) in [5, 5.41) is 0. The summed E-state index contributed by atoms with van der Waals surface area (Å²) in [5.74, 6) is 0.234. The Morgan fingerprint density at radius 3 is 2.42 bits per heavy atom. The fourth-order valence-corrected chi connectivity index (χ4v) is 4.16. The van der Waals surface area contributed by atoms with E-state index in [1.807, 2.05) is 11.8 Å². The van der Waals surface area contributed by atoms with Crippen LogP contribution in [0.15, 0.2) is 30.3 Å². The zero-order valence-corrected chi connectivity index (χ0v) is 16.1. The van der Waals surface area contributed by atoms with Gasteiger partial charge >= 0.3 is 0 Å². The third kappa shape index (κ3) is 4.44. The second kappa shape index (κ2) is 8.67. The molecule has 1 unspecified atom stereocenters. The molecule has 5 heteroatoms. The molecule has 0 saturated carbocycles. The number of hydrogen-bond donors (Lipinski definition) is 0. The van der Waals surface area contributed by atoms with Crippen molar-refractivity contribution in [3.05, 3.63) is 35.9 Å². The molecule has 0 N–H and O–H groups in total. The van der Waals surface area contributed by atoms with Crippen LogP contribution in [0.3, 0.4) is 0 Å². The first-order valence-electron chi connectivity index (χ1n) is 9.93. The molecule has 142 valence electrons. The molecule has 26 heavy (non-hydrogen) atoms. The van der Waals surface area contributed by atoms with Gasteiger partial charge in [0.1, 0.15) is 0 Å². The summed E-state index contributed by atoms with van der Waals surface area (Å²) in [6, 6.07) is 11.3. The van der Waals surface area contributed by atoms with Crippen molar-refractivity contribution < 1.29 is 9.59 Å². The molecular formula is C21H31N3O2. The van der Waals surface area contributed by atoms with Crippen LogP contribution in [0.25, 0.3) is 0 Å². The number of carbonyl (C=O) groups excluding carboxylic acids is 2. The van der Waals surface area contributed by atoms with E-state index in [-0.39, 0.29) is 24.4 Å². The first kappa shape index (κ1) is 18.9. The molecule has 0 spiro atoms. The third-order valence-electron chi connectivity index (χ3n) is 5.90. The van der Waals surface area contributed by atoms with Crippen LogP contribution < -0.4 is 0 Å². The van der Waals surface area contributed by atoms with Crippen molar-refractivity contribution >= 4 is 11.8 Å². The highest BCUT2D eigenvalue weighted by molar-refractivity contribution is 5.86. The predicted octanol–water partition coefficient (Wildman–Crippen LogP) is 2.51. The minimum atomic E-state index is 0.108. The SMILES string of the molecule is CCN(Cc1ccccc1)C1CCN(C(=O)CN2C(=O)CCC2C)CC1. The number of carbonyl (C=O) groups is 2. The summed E-state index contributed by atoms with van der Waals surface area (Å²) in [5.41, 5.74) is 1.34. The molecule has 0 aromatic heterocycles. The maximum Gasteiger partial charge on any atom is 0.242 e. The van der Waals surface area contributed by atoms with Crippen LogP contribution in [0.1, 0.15) is 45.1 Å². The summed E-state index contributed by atoms with van der Waals surface area (Å²) in [7, 11) is 0. The molecule has 0 bridgehead atoms. The Labute approximate surface area is 156 Å². The van der Waals surface area contributed by atoms with E-state index >= 15 is 0 Å². The van der Waals surface area contributed by atoms with Crippen LogP contribution in [-0.4, -0.2) is 64.8 Å². The van der Waals surface area contributed by atoms with Crippen LogP contribution in [0.2, 0.25) is 0 Å². The second-order valence-electron chi connectivity index (χ2n) is 7.57. The van der Waals surface area contributed by atoms with Crippen molar-refractivity contribution in [1.82, 2.24) is 14.7 Å². The number of nitrogens with zero attached hydrogens (tertiary/aromatic N) is 3. The Kier molecular flexibility index (Phi) is 6.30. The standard InChI is InChI=1S/C21H31N3O2/c1-3-22(15-18-7-5-4-6-8-18)19-11-13-23(14-12-19)21(26)16-24-17(2)9-10-20(24)25/h4-8,17,19H,3,9-16H2,1-2H3. The first-order chi connectivity index (χ1) is 12.6. The van der Waals surface area contributed by atoms with Crippen LogP contribution in [0.5, 0.6) is 0 Å². The van der Waals surface area contributed by atoms with Gasteiger partial charge in [-0.2, -0.15) is 0 Å². The second-order valence-corrected chi connectivity index (χ2v) is 7.57. The fraction of sp³-hybridized carbons (Fsp3) is 0.619. The van der Waals surface area contributed by atoms with Crippen molar-refractivity contribution in [2.24, 2.45) is 0 Å². The van der Waals surface area contributed by atoms with Gasteiger partial charge in [-0.3, -0.25) is 14.5 Å². The van der Waals surface area contributed by atoms with Gasteiger partial charge in [-0.25, -0.2) is 0 Å². The number of hydrogen-bond acceptors (Lipinski definition) is 3. The Bertz CT molecular complexity index is 611. The quantitative estimate of drug-likeness (QED) is 0.786. The lowest BCUT2D eigenvalue weighted by atomic mass is 10.0. The molecule has 1 aromatic carbocycles. The molecule has 2 heterocycles. The number of amides is 2. The van der Waals surface area contributed by atoms with E-state index in [1.54, 1.807) is 4.90 Å². The van der Waals surface area contributed by atoms with E-state index in [2.05, 4.69) is 42.2 Å². The van der Waals surface area contributed by atoms with E-state index in [9.17, 15) is 9.59 Å². The summed E-state index contributed by atoms with van der Waals surface area (Å²) in [4.78, 5) is 30.7. The molecule has 1 atom stereocenters. The van der Waals surface area contributed by atoms with E-state index < -0.39 is 0 Å². The van der Waals surface area contributed by atoms with Crippen LogP contribution >= 0.6 is 0 Å². The normalized spacial score (nSPS) is 21.7. The molecule has 1 aromatic rings. The molecule has 0 aliphatic carbocycles. The topological polar surface area (TPSA) is 43.9 Å². The Morgan fingerprint density at radius 1 is 1.15 bits per heavy atom.